The summed E-state index contributed by atoms with van der Waals surface area (Å²) >= 11 is 0. The molecule has 0 saturated heterocycles. The van der Waals surface area contributed by atoms with E-state index in [-0.39, 0.29) is 5.75 Å². The molecule has 1 aliphatic rings. The number of benzene rings is 1. The quantitative estimate of drug-likeness (QED) is 0.613. The number of fused-ring (bicyclic) bond motifs is 1. The van der Waals surface area contributed by atoms with Crippen molar-refractivity contribution >= 4 is 17.0 Å². The van der Waals surface area contributed by atoms with Crippen molar-refractivity contribution in [2.24, 2.45) is 4.99 Å². The third-order valence-corrected chi connectivity index (χ3v) is 3.65. The fourth-order valence-electron chi connectivity index (χ4n) is 2.53. The first kappa shape index (κ1) is 10.1. The predicted octanol–water partition coefficient (Wildman–Crippen LogP) is 2.59. The normalized spacial score (nSPS) is 17.4. The highest BCUT2D eigenvalue weighted by Crippen LogP contribution is 2.49. The van der Waals surface area contributed by atoms with Crippen molar-refractivity contribution in [1.82, 2.24) is 4.98 Å². The van der Waals surface area contributed by atoms with Crippen molar-refractivity contribution in [1.29, 1.82) is 0 Å². The van der Waals surface area contributed by atoms with Gasteiger partial charge in [0.05, 0.1) is 0 Å². The molecule has 1 fully saturated rings. The van der Waals surface area contributed by atoms with Crippen molar-refractivity contribution < 1.29 is 9.90 Å². The molecule has 4 nitrogen and oxygen atoms in total. The Hall–Kier alpha value is -2.06. The highest BCUT2D eigenvalue weighted by Gasteiger charge is 2.41. The lowest BCUT2D eigenvalue weighted by atomic mass is 9.72. The van der Waals surface area contributed by atoms with Gasteiger partial charge in [-0.25, -0.2) is 4.79 Å². The molecule has 4 heteroatoms. The van der Waals surface area contributed by atoms with Gasteiger partial charge in [0.1, 0.15) is 11.3 Å². The number of carbonyl (C=O) groups excluding carboxylic acids is 1. The lowest BCUT2D eigenvalue weighted by Gasteiger charge is -2.37. The van der Waals surface area contributed by atoms with E-state index in [1.54, 1.807) is 12.3 Å². The van der Waals surface area contributed by atoms with Gasteiger partial charge in [0.25, 0.3) is 0 Å². The van der Waals surface area contributed by atoms with Crippen molar-refractivity contribution in [2.45, 2.75) is 24.8 Å². The molecule has 86 valence electrons. The molecule has 0 aliphatic heterocycles. The molecule has 1 heterocycles. The largest absolute Gasteiger partial charge is 0.507 e. The molecule has 2 N–H and O–H groups in total. The standard InChI is InChI=1S/C13H12N2O2/c16-8-15-13(5-1-6-13)10-2-3-11-9(12(10)17)4-7-14-11/h2-4,7,14,17H,1,5-6H2. The summed E-state index contributed by atoms with van der Waals surface area (Å²) in [6.45, 7) is 0. The molecule has 0 radical (unpaired) electrons. The predicted molar refractivity (Wildman–Crippen MR) is 63.6 cm³/mol. The zero-order valence-corrected chi connectivity index (χ0v) is 9.23. The second-order valence-corrected chi connectivity index (χ2v) is 4.49. The molecule has 0 bridgehead atoms. The number of aromatic hydroxyl groups is 1. The number of phenolic OH excluding ortho intramolecular Hbond substituents is 1. The average Bonchev–Trinajstić information content (AvgIpc) is 2.74. The maximum atomic E-state index is 10.5. The minimum atomic E-state index is -0.544. The van der Waals surface area contributed by atoms with Gasteiger partial charge in [0.15, 0.2) is 0 Å². The highest BCUT2D eigenvalue weighted by molar-refractivity contribution is 5.87. The number of hydrogen-bond donors (Lipinski definition) is 2. The Balaban J connectivity index is 2.22. The van der Waals surface area contributed by atoms with Crippen molar-refractivity contribution in [2.75, 3.05) is 0 Å². The fourth-order valence-corrected chi connectivity index (χ4v) is 2.53. The summed E-state index contributed by atoms with van der Waals surface area (Å²) in [5.41, 5.74) is 1.08. The van der Waals surface area contributed by atoms with Crippen LogP contribution in [0.1, 0.15) is 24.8 Å². The minimum Gasteiger partial charge on any atom is -0.507 e. The van der Waals surface area contributed by atoms with E-state index in [2.05, 4.69) is 9.98 Å². The van der Waals surface area contributed by atoms with E-state index in [1.807, 2.05) is 18.2 Å². The van der Waals surface area contributed by atoms with Gasteiger partial charge in [-0.1, -0.05) is 6.07 Å². The van der Waals surface area contributed by atoms with Crippen molar-refractivity contribution in [3.05, 3.63) is 30.0 Å². The van der Waals surface area contributed by atoms with Crippen LogP contribution in [0.5, 0.6) is 5.75 Å². The van der Waals surface area contributed by atoms with Gasteiger partial charge < -0.3 is 10.1 Å². The summed E-state index contributed by atoms with van der Waals surface area (Å²) in [5.74, 6) is 0.224. The molecule has 1 aromatic heterocycles. The van der Waals surface area contributed by atoms with Gasteiger partial charge in [0.2, 0.25) is 6.08 Å². The molecule has 0 atom stereocenters. The van der Waals surface area contributed by atoms with Crippen LogP contribution in [0.4, 0.5) is 0 Å². The first-order valence-corrected chi connectivity index (χ1v) is 5.65. The summed E-state index contributed by atoms with van der Waals surface area (Å²) < 4.78 is 0. The monoisotopic (exact) mass is 228 g/mol. The molecular weight excluding hydrogens is 216 g/mol. The van der Waals surface area contributed by atoms with E-state index in [0.29, 0.717) is 0 Å². The maximum Gasteiger partial charge on any atom is 0.235 e. The Labute approximate surface area is 98.0 Å². The third kappa shape index (κ3) is 1.31. The smallest absolute Gasteiger partial charge is 0.235 e. The minimum absolute atomic E-state index is 0.224. The molecule has 17 heavy (non-hydrogen) atoms. The van der Waals surface area contributed by atoms with Gasteiger partial charge in [-0.3, -0.25) is 0 Å². The summed E-state index contributed by atoms with van der Waals surface area (Å²) in [7, 11) is 0. The topological polar surface area (TPSA) is 65.5 Å². The first-order chi connectivity index (χ1) is 8.27. The van der Waals surface area contributed by atoms with Crippen LogP contribution in [0, 0.1) is 0 Å². The van der Waals surface area contributed by atoms with Crippen LogP contribution in [-0.2, 0) is 10.3 Å². The first-order valence-electron chi connectivity index (χ1n) is 5.65. The van der Waals surface area contributed by atoms with Crippen LogP contribution in [0.3, 0.4) is 0 Å². The lowest BCUT2D eigenvalue weighted by molar-refractivity contribution is 0.248. The van der Waals surface area contributed by atoms with Crippen LogP contribution >= 0.6 is 0 Å². The second kappa shape index (κ2) is 3.47. The molecule has 1 aliphatic carbocycles. The van der Waals surface area contributed by atoms with Crippen LogP contribution in [0.15, 0.2) is 29.4 Å². The zero-order chi connectivity index (χ0) is 11.9. The average molecular weight is 228 g/mol. The number of aliphatic imine (C=N–C) groups is 1. The number of hydrogen-bond acceptors (Lipinski definition) is 3. The van der Waals surface area contributed by atoms with Crippen molar-refractivity contribution in [3.8, 4) is 5.75 Å². The van der Waals surface area contributed by atoms with E-state index in [9.17, 15) is 9.90 Å². The zero-order valence-electron chi connectivity index (χ0n) is 9.23. The number of nitrogens with zero attached hydrogens (tertiary/aromatic N) is 1. The molecule has 0 unspecified atom stereocenters. The maximum absolute atomic E-state index is 10.5. The Kier molecular flexibility index (Phi) is 2.06. The van der Waals surface area contributed by atoms with E-state index in [1.165, 1.54) is 0 Å². The number of nitrogens with one attached hydrogen (secondary N) is 1. The summed E-state index contributed by atoms with van der Waals surface area (Å²) in [6, 6.07) is 5.57. The number of rotatable bonds is 2. The van der Waals surface area contributed by atoms with Crippen molar-refractivity contribution in [3.63, 3.8) is 0 Å². The van der Waals surface area contributed by atoms with Gasteiger partial charge >= 0.3 is 0 Å². The Bertz CT molecular complexity index is 619. The van der Waals surface area contributed by atoms with E-state index in [0.717, 1.165) is 35.7 Å². The highest BCUT2D eigenvalue weighted by atomic mass is 16.3. The molecule has 0 spiro atoms. The van der Waals surface area contributed by atoms with Gasteiger partial charge in [-0.05, 0) is 31.4 Å². The second-order valence-electron chi connectivity index (χ2n) is 4.49. The van der Waals surface area contributed by atoms with Gasteiger partial charge in [-0.2, -0.15) is 4.99 Å². The number of isocyanates is 1. The summed E-state index contributed by atoms with van der Waals surface area (Å²) in [4.78, 5) is 17.5. The van der Waals surface area contributed by atoms with Crippen LogP contribution in [0.2, 0.25) is 0 Å². The Morgan fingerprint density at radius 1 is 1.35 bits per heavy atom. The SMILES string of the molecule is O=C=NC1(c2ccc3[nH]ccc3c2O)CCC1. The molecule has 0 amide bonds. The lowest BCUT2D eigenvalue weighted by Crippen LogP contribution is -2.31. The fraction of sp³-hybridized carbons (Fsp3) is 0.308. The molecule has 3 rings (SSSR count). The van der Waals surface area contributed by atoms with E-state index < -0.39 is 5.54 Å². The van der Waals surface area contributed by atoms with Gasteiger partial charge in [-0.15, -0.1) is 0 Å². The van der Waals surface area contributed by atoms with E-state index >= 15 is 0 Å². The number of aromatic amines is 1. The summed E-state index contributed by atoms with van der Waals surface area (Å²) in [5, 5.41) is 11.0. The molecular formula is C13H12N2O2. The van der Waals surface area contributed by atoms with E-state index in [4.69, 9.17) is 0 Å². The molecule has 1 saturated carbocycles. The Morgan fingerprint density at radius 2 is 2.18 bits per heavy atom. The third-order valence-electron chi connectivity index (χ3n) is 3.65. The van der Waals surface area contributed by atoms with Crippen LogP contribution in [0.25, 0.3) is 10.9 Å². The van der Waals surface area contributed by atoms with Gasteiger partial charge in [0, 0.05) is 22.7 Å². The molecule has 1 aromatic carbocycles. The summed E-state index contributed by atoms with van der Waals surface area (Å²) in [6.07, 6.45) is 6.03. The Morgan fingerprint density at radius 3 is 2.82 bits per heavy atom. The van der Waals surface area contributed by atoms with Crippen LogP contribution in [-0.4, -0.2) is 16.2 Å². The number of phenols is 1. The number of aromatic nitrogens is 1. The number of H-pyrrole nitrogens is 1. The van der Waals surface area contributed by atoms with Crippen LogP contribution < -0.4 is 0 Å². The molecule has 2 aromatic rings.